The first-order valence-corrected chi connectivity index (χ1v) is 12.7. The van der Waals surface area contributed by atoms with E-state index < -0.39 is 6.10 Å². The minimum atomic E-state index is -0.640. The number of benzene rings is 1. The Bertz CT molecular complexity index is 1160. The molecule has 36 heavy (non-hydrogen) atoms. The Kier molecular flexibility index (Phi) is 7.98. The fourth-order valence-corrected chi connectivity index (χ4v) is 4.67. The SMILES string of the molecule is C[C@H](O)c1nccn1Cc1cc(C#Cc2ccc(N3CCN(CCN4CCOCC4)CC3)cc2)on1. The molecule has 5 rings (SSSR count). The number of anilines is 1. The zero-order valence-corrected chi connectivity index (χ0v) is 20.8. The van der Waals surface area contributed by atoms with Gasteiger partial charge in [0.1, 0.15) is 17.6 Å². The van der Waals surface area contributed by atoms with Gasteiger partial charge in [-0.1, -0.05) is 11.1 Å². The largest absolute Gasteiger partial charge is 0.385 e. The van der Waals surface area contributed by atoms with Gasteiger partial charge >= 0.3 is 0 Å². The van der Waals surface area contributed by atoms with Crippen LogP contribution < -0.4 is 4.90 Å². The molecule has 2 saturated heterocycles. The summed E-state index contributed by atoms with van der Waals surface area (Å²) < 4.78 is 12.7. The smallest absolute Gasteiger partial charge is 0.210 e. The molecule has 2 fully saturated rings. The lowest BCUT2D eigenvalue weighted by molar-refractivity contribution is 0.0331. The van der Waals surface area contributed by atoms with Crippen molar-refractivity contribution in [1.82, 2.24) is 24.5 Å². The lowest BCUT2D eigenvalue weighted by atomic mass is 10.1. The maximum atomic E-state index is 9.81. The molecule has 1 N–H and O–H groups in total. The number of hydrogen-bond donors (Lipinski definition) is 1. The Labute approximate surface area is 212 Å². The van der Waals surface area contributed by atoms with Crippen molar-refractivity contribution in [3.05, 3.63) is 65.6 Å². The third-order valence-electron chi connectivity index (χ3n) is 6.78. The van der Waals surface area contributed by atoms with Crippen LogP contribution in [0.25, 0.3) is 0 Å². The highest BCUT2D eigenvalue weighted by molar-refractivity contribution is 5.51. The van der Waals surface area contributed by atoms with Gasteiger partial charge in [0.2, 0.25) is 5.76 Å². The van der Waals surface area contributed by atoms with Crippen LogP contribution in [0.4, 0.5) is 5.69 Å². The minimum absolute atomic E-state index is 0.473. The molecule has 2 aromatic heterocycles. The van der Waals surface area contributed by atoms with E-state index in [1.165, 1.54) is 5.69 Å². The van der Waals surface area contributed by atoms with E-state index in [1.54, 1.807) is 13.1 Å². The van der Waals surface area contributed by atoms with Crippen molar-refractivity contribution in [3.63, 3.8) is 0 Å². The molecule has 9 nitrogen and oxygen atoms in total. The average molecular weight is 491 g/mol. The van der Waals surface area contributed by atoms with Crippen LogP contribution >= 0.6 is 0 Å². The van der Waals surface area contributed by atoms with Crippen LogP contribution in [-0.2, 0) is 11.3 Å². The van der Waals surface area contributed by atoms with Crippen LogP contribution in [0.3, 0.4) is 0 Å². The molecular formula is C27H34N6O3. The van der Waals surface area contributed by atoms with Crippen molar-refractivity contribution < 1.29 is 14.4 Å². The van der Waals surface area contributed by atoms with E-state index in [4.69, 9.17) is 9.26 Å². The normalized spacial score (nSPS) is 18.1. The quantitative estimate of drug-likeness (QED) is 0.503. The van der Waals surface area contributed by atoms with Crippen LogP contribution in [-0.4, -0.2) is 95.2 Å². The Morgan fingerprint density at radius 3 is 2.42 bits per heavy atom. The molecule has 9 heteroatoms. The molecular weight excluding hydrogens is 456 g/mol. The third-order valence-corrected chi connectivity index (χ3v) is 6.78. The van der Waals surface area contributed by atoms with E-state index in [0.29, 0.717) is 18.1 Å². The van der Waals surface area contributed by atoms with Gasteiger partial charge in [-0.15, -0.1) is 0 Å². The maximum absolute atomic E-state index is 9.81. The van der Waals surface area contributed by atoms with Gasteiger partial charge < -0.3 is 23.8 Å². The van der Waals surface area contributed by atoms with Gasteiger partial charge in [-0.25, -0.2) is 4.98 Å². The van der Waals surface area contributed by atoms with Crippen LogP contribution in [0.2, 0.25) is 0 Å². The highest BCUT2D eigenvalue weighted by Gasteiger charge is 2.18. The fraction of sp³-hybridized carbons (Fsp3) is 0.481. The van der Waals surface area contributed by atoms with Gasteiger partial charge in [0.15, 0.2) is 0 Å². The lowest BCUT2D eigenvalue weighted by Gasteiger charge is -2.37. The van der Waals surface area contributed by atoms with Crippen LogP contribution in [0.15, 0.2) is 47.2 Å². The predicted molar refractivity (Wildman–Crippen MR) is 137 cm³/mol. The zero-order chi connectivity index (χ0) is 24.7. The van der Waals surface area contributed by atoms with Crippen molar-refractivity contribution in [1.29, 1.82) is 0 Å². The van der Waals surface area contributed by atoms with E-state index in [0.717, 1.165) is 76.8 Å². The summed E-state index contributed by atoms with van der Waals surface area (Å²) in [7, 11) is 0. The van der Waals surface area contributed by atoms with E-state index in [9.17, 15) is 5.11 Å². The molecule has 3 aromatic rings. The van der Waals surface area contributed by atoms with Crippen LogP contribution in [0, 0.1) is 11.8 Å². The Morgan fingerprint density at radius 2 is 1.69 bits per heavy atom. The number of hydrogen-bond acceptors (Lipinski definition) is 8. The molecule has 0 saturated carbocycles. The second-order valence-corrected chi connectivity index (χ2v) is 9.35. The minimum Gasteiger partial charge on any atom is -0.385 e. The number of rotatable bonds is 7. The number of aromatic nitrogens is 3. The molecule has 0 aliphatic carbocycles. The second-order valence-electron chi connectivity index (χ2n) is 9.35. The van der Waals surface area contributed by atoms with Gasteiger partial charge in [0.05, 0.1) is 19.8 Å². The molecule has 0 unspecified atom stereocenters. The molecule has 2 aliphatic rings. The maximum Gasteiger partial charge on any atom is 0.210 e. The molecule has 190 valence electrons. The number of imidazole rings is 1. The molecule has 1 aromatic carbocycles. The summed E-state index contributed by atoms with van der Waals surface area (Å²) in [5, 5.41) is 13.9. The molecule has 0 spiro atoms. The Balaban J connectivity index is 1.10. The van der Waals surface area contributed by atoms with E-state index in [-0.39, 0.29) is 0 Å². The molecule has 0 radical (unpaired) electrons. The summed E-state index contributed by atoms with van der Waals surface area (Å²) in [6, 6.07) is 10.2. The number of aliphatic hydroxyl groups excluding tert-OH is 1. The Hall–Kier alpha value is -3.16. The number of morpholine rings is 1. The standard InChI is InChI=1S/C27H34N6O3/c1-22(34)27-28-8-9-33(27)21-24-20-26(36-29-24)7-4-23-2-5-25(6-3-23)32-14-12-30(13-15-32)10-11-31-16-18-35-19-17-31/h2-3,5-6,8-9,20,22,34H,10-19,21H2,1H3/t22-/m0/s1. The first-order valence-electron chi connectivity index (χ1n) is 12.7. The molecule has 0 bridgehead atoms. The summed E-state index contributed by atoms with van der Waals surface area (Å²) in [6.45, 7) is 12.6. The number of nitrogens with zero attached hydrogens (tertiary/aromatic N) is 6. The summed E-state index contributed by atoms with van der Waals surface area (Å²) in [6.07, 6.45) is 2.84. The fourth-order valence-electron chi connectivity index (χ4n) is 4.67. The third kappa shape index (κ3) is 6.33. The highest BCUT2D eigenvalue weighted by atomic mass is 16.5. The van der Waals surface area contributed by atoms with Crippen molar-refractivity contribution in [2.24, 2.45) is 0 Å². The first-order chi connectivity index (χ1) is 17.6. The van der Waals surface area contributed by atoms with Crippen molar-refractivity contribution in [2.45, 2.75) is 19.6 Å². The van der Waals surface area contributed by atoms with Crippen LogP contribution in [0.1, 0.15) is 35.9 Å². The summed E-state index contributed by atoms with van der Waals surface area (Å²) in [5.41, 5.74) is 2.91. The monoisotopic (exact) mass is 490 g/mol. The van der Waals surface area contributed by atoms with Gasteiger partial charge in [-0.05, 0) is 37.1 Å². The molecule has 2 aliphatic heterocycles. The highest BCUT2D eigenvalue weighted by Crippen LogP contribution is 2.18. The van der Waals surface area contributed by atoms with Crippen molar-refractivity contribution in [2.75, 3.05) is 70.5 Å². The average Bonchev–Trinajstić information content (AvgIpc) is 3.57. The molecule has 0 amide bonds. The first kappa shape index (κ1) is 24.5. The predicted octanol–water partition coefficient (Wildman–Crippen LogP) is 1.83. The summed E-state index contributed by atoms with van der Waals surface area (Å²) >= 11 is 0. The van der Waals surface area contributed by atoms with Gasteiger partial charge in [0.25, 0.3) is 0 Å². The van der Waals surface area contributed by atoms with E-state index in [1.807, 2.05) is 16.8 Å². The van der Waals surface area contributed by atoms with Gasteiger partial charge in [0, 0.05) is 82.1 Å². The number of ether oxygens (including phenoxy) is 1. The van der Waals surface area contributed by atoms with Gasteiger partial charge in [-0.2, -0.15) is 0 Å². The summed E-state index contributed by atoms with van der Waals surface area (Å²) in [5.74, 6) is 7.34. The second kappa shape index (κ2) is 11.7. The van der Waals surface area contributed by atoms with Crippen molar-refractivity contribution >= 4 is 5.69 Å². The number of piperazine rings is 1. The van der Waals surface area contributed by atoms with Gasteiger partial charge in [-0.3, -0.25) is 9.80 Å². The molecule has 1 atom stereocenters. The summed E-state index contributed by atoms with van der Waals surface area (Å²) in [4.78, 5) is 11.7. The van der Waals surface area contributed by atoms with Crippen LogP contribution in [0.5, 0.6) is 0 Å². The lowest BCUT2D eigenvalue weighted by Crippen LogP contribution is -2.49. The van der Waals surface area contributed by atoms with E-state index in [2.05, 4.69) is 60.9 Å². The van der Waals surface area contributed by atoms with E-state index >= 15 is 0 Å². The number of aliphatic hydroxyl groups is 1. The Morgan fingerprint density at radius 1 is 0.972 bits per heavy atom. The van der Waals surface area contributed by atoms with Crippen molar-refractivity contribution in [3.8, 4) is 11.8 Å². The zero-order valence-electron chi connectivity index (χ0n) is 20.8. The molecule has 4 heterocycles. The topological polar surface area (TPSA) is 83.0 Å².